The van der Waals surface area contributed by atoms with Crippen LogP contribution in [0.2, 0.25) is 5.02 Å². The van der Waals surface area contributed by atoms with Crippen LogP contribution in [0.5, 0.6) is 5.75 Å². The molecule has 0 saturated carbocycles. The molecule has 2 atom stereocenters. The highest BCUT2D eigenvalue weighted by molar-refractivity contribution is 6.32. The van der Waals surface area contributed by atoms with Gasteiger partial charge in [0, 0.05) is 5.56 Å². The number of halogens is 14. The summed E-state index contributed by atoms with van der Waals surface area (Å²) in [5.41, 5.74) is -5.34. The number of rotatable bonds is 8. The minimum Gasteiger partial charge on any atom is -0.404 e. The Labute approximate surface area is 237 Å². The summed E-state index contributed by atoms with van der Waals surface area (Å²) < 4.78 is 175. The highest BCUT2D eigenvalue weighted by atomic mass is 35.5. The molecule has 2 aromatic rings. The summed E-state index contributed by atoms with van der Waals surface area (Å²) >= 11 is 5.50. The molecule has 0 aliphatic rings. The Bertz CT molecular complexity index is 1370. The molecule has 0 fully saturated rings. The zero-order valence-corrected chi connectivity index (χ0v) is 21.7. The first kappa shape index (κ1) is 35.5. The summed E-state index contributed by atoms with van der Waals surface area (Å²) in [6, 6.07) is 0.321. The van der Waals surface area contributed by atoms with Crippen LogP contribution in [0, 0.1) is 0 Å². The third-order valence-electron chi connectivity index (χ3n) is 5.26. The van der Waals surface area contributed by atoms with Gasteiger partial charge in [0.25, 0.3) is 5.91 Å². The number of benzene rings is 2. The van der Waals surface area contributed by atoms with Gasteiger partial charge in [0.15, 0.2) is 0 Å². The van der Waals surface area contributed by atoms with Gasteiger partial charge in [-0.1, -0.05) is 23.7 Å². The lowest BCUT2D eigenvalue weighted by Gasteiger charge is -2.20. The average Bonchev–Trinajstić information content (AvgIpc) is 2.84. The summed E-state index contributed by atoms with van der Waals surface area (Å²) in [6.07, 6.45) is -21.3. The van der Waals surface area contributed by atoms with E-state index in [0.717, 1.165) is 6.92 Å². The first-order valence-corrected chi connectivity index (χ1v) is 11.6. The van der Waals surface area contributed by atoms with Crippen LogP contribution in [0.4, 0.5) is 57.1 Å². The van der Waals surface area contributed by atoms with Gasteiger partial charge >= 0.3 is 24.9 Å². The number of allylic oxidation sites excluding steroid dienone is 1. The van der Waals surface area contributed by atoms with Crippen molar-refractivity contribution in [3.8, 4) is 5.75 Å². The normalized spacial score (nSPS) is 14.6. The Morgan fingerprint density at radius 1 is 0.930 bits per heavy atom. The van der Waals surface area contributed by atoms with Crippen molar-refractivity contribution in [3.05, 3.63) is 69.8 Å². The molecule has 2 aromatic carbocycles. The van der Waals surface area contributed by atoms with Gasteiger partial charge < -0.3 is 15.4 Å². The zero-order chi connectivity index (χ0) is 33.1. The fraction of sp³-hybridized carbons (Fsp3) is 0.333. The van der Waals surface area contributed by atoms with Crippen LogP contribution >= 0.6 is 11.6 Å². The number of alkyl halides is 12. The largest absolute Gasteiger partial charge is 0.573 e. The smallest absolute Gasteiger partial charge is 0.404 e. The Kier molecular flexibility index (Phi) is 10.6. The number of hydrogen-bond acceptors (Lipinski definition) is 3. The molecule has 0 saturated heterocycles. The van der Waals surface area contributed by atoms with Gasteiger partial charge in [-0.05, 0) is 42.8 Å². The predicted octanol–water partition coefficient (Wildman–Crippen LogP) is 7.71. The van der Waals surface area contributed by atoms with Crippen LogP contribution in [-0.4, -0.2) is 43.1 Å². The van der Waals surface area contributed by atoms with E-state index in [2.05, 4.69) is 4.74 Å². The van der Waals surface area contributed by atoms with Crippen molar-refractivity contribution in [1.82, 2.24) is 10.6 Å². The number of carbonyl (C=O) groups excluding carboxylic acids is 2. The standard InChI is InChI=1S/C24H16ClF13N2O3/c1-10(19(41)39-9-21(27,28)29)40-20(42)13-4-2-12(6-15(13)23(33,34)35)17(26)8-14(22(30,31)32)11-3-5-16(25)18(7-11)43-24(36,37)38/h2-8,10,14H,9H2,1H3,(H,39,41)(H,40,42)/b17-8-/t10-,14?/m1/s1. The van der Waals surface area contributed by atoms with E-state index in [4.69, 9.17) is 11.6 Å². The minimum absolute atomic E-state index is 0.0530. The van der Waals surface area contributed by atoms with E-state index in [0.29, 0.717) is 24.3 Å². The molecule has 19 heteroatoms. The molecule has 0 heterocycles. The van der Waals surface area contributed by atoms with Crippen molar-refractivity contribution in [1.29, 1.82) is 0 Å². The Morgan fingerprint density at radius 3 is 2.05 bits per heavy atom. The van der Waals surface area contributed by atoms with Gasteiger partial charge in [0.2, 0.25) is 5.91 Å². The highest BCUT2D eigenvalue weighted by Gasteiger charge is 2.42. The van der Waals surface area contributed by atoms with Gasteiger partial charge in [-0.3, -0.25) is 9.59 Å². The van der Waals surface area contributed by atoms with E-state index in [1.54, 1.807) is 5.32 Å². The van der Waals surface area contributed by atoms with E-state index in [-0.39, 0.29) is 18.2 Å². The fourth-order valence-electron chi connectivity index (χ4n) is 3.34. The van der Waals surface area contributed by atoms with Crippen LogP contribution in [0.25, 0.3) is 5.83 Å². The number of carbonyl (C=O) groups is 2. The number of amides is 2. The molecule has 0 aliphatic heterocycles. The number of ether oxygens (including phenoxy) is 1. The summed E-state index contributed by atoms with van der Waals surface area (Å²) in [5.74, 6) is -9.30. The number of nitrogens with one attached hydrogen (secondary N) is 2. The second kappa shape index (κ2) is 12.9. The lowest BCUT2D eigenvalue weighted by Crippen LogP contribution is -2.47. The molecule has 2 amide bonds. The van der Waals surface area contributed by atoms with Crippen molar-refractivity contribution in [2.75, 3.05) is 6.54 Å². The Morgan fingerprint density at radius 2 is 1.53 bits per heavy atom. The predicted molar refractivity (Wildman–Crippen MR) is 123 cm³/mol. The molecule has 2 N–H and O–H groups in total. The fourth-order valence-corrected chi connectivity index (χ4v) is 3.50. The van der Waals surface area contributed by atoms with Gasteiger partial charge in [-0.2, -0.15) is 39.5 Å². The van der Waals surface area contributed by atoms with Crippen LogP contribution in [-0.2, 0) is 11.0 Å². The SMILES string of the molecule is C[C@@H](NC(=O)c1ccc(/C(F)=C/C(c2ccc(Cl)c(OC(F)(F)F)c2)C(F)(F)F)cc1C(F)(F)F)C(=O)NCC(F)(F)F. The topological polar surface area (TPSA) is 67.4 Å². The van der Waals surface area contributed by atoms with Crippen molar-refractivity contribution >= 4 is 29.2 Å². The lowest BCUT2D eigenvalue weighted by atomic mass is 9.95. The van der Waals surface area contributed by atoms with Crippen LogP contribution < -0.4 is 15.4 Å². The van der Waals surface area contributed by atoms with E-state index in [9.17, 15) is 66.7 Å². The lowest BCUT2D eigenvalue weighted by molar-refractivity contribution is -0.274. The second-order valence-corrected chi connectivity index (χ2v) is 8.97. The number of hydrogen-bond donors (Lipinski definition) is 2. The van der Waals surface area contributed by atoms with E-state index >= 15 is 0 Å². The minimum atomic E-state index is -5.44. The molecule has 1 unspecified atom stereocenters. The quantitative estimate of drug-likeness (QED) is 0.285. The van der Waals surface area contributed by atoms with Crippen molar-refractivity contribution in [2.45, 2.75) is 43.8 Å². The Hall–Kier alpha value is -3.70. The molecular weight excluding hydrogens is 647 g/mol. The van der Waals surface area contributed by atoms with Crippen molar-refractivity contribution < 1.29 is 71.4 Å². The summed E-state index contributed by atoms with van der Waals surface area (Å²) in [4.78, 5) is 24.1. The molecule has 0 aliphatic carbocycles. The monoisotopic (exact) mass is 662 g/mol. The van der Waals surface area contributed by atoms with E-state index < -0.39 is 94.1 Å². The van der Waals surface area contributed by atoms with Crippen molar-refractivity contribution in [3.63, 3.8) is 0 Å². The van der Waals surface area contributed by atoms with Gasteiger partial charge in [0.05, 0.1) is 16.1 Å². The maximum absolute atomic E-state index is 15.0. The molecule has 0 bridgehead atoms. The average molecular weight is 663 g/mol. The zero-order valence-electron chi connectivity index (χ0n) is 20.9. The van der Waals surface area contributed by atoms with Crippen LogP contribution in [0.1, 0.15) is 39.9 Å². The molecule has 0 aromatic heterocycles. The summed E-state index contributed by atoms with van der Waals surface area (Å²) in [7, 11) is 0. The first-order valence-electron chi connectivity index (χ1n) is 11.2. The molecule has 2 rings (SSSR count). The van der Waals surface area contributed by atoms with Crippen LogP contribution in [0.15, 0.2) is 42.5 Å². The van der Waals surface area contributed by atoms with Gasteiger partial charge in [-0.25, -0.2) is 4.39 Å². The highest BCUT2D eigenvalue weighted by Crippen LogP contribution is 2.42. The molecule has 238 valence electrons. The maximum Gasteiger partial charge on any atom is 0.573 e. The van der Waals surface area contributed by atoms with Gasteiger partial charge in [0.1, 0.15) is 30.1 Å². The van der Waals surface area contributed by atoms with Crippen molar-refractivity contribution in [2.24, 2.45) is 0 Å². The molecule has 0 radical (unpaired) electrons. The Balaban J connectivity index is 2.47. The third-order valence-corrected chi connectivity index (χ3v) is 5.57. The van der Waals surface area contributed by atoms with Crippen LogP contribution in [0.3, 0.4) is 0 Å². The maximum atomic E-state index is 15.0. The summed E-state index contributed by atoms with van der Waals surface area (Å²) in [6.45, 7) is -0.974. The van der Waals surface area contributed by atoms with Gasteiger partial charge in [-0.15, -0.1) is 13.2 Å². The van der Waals surface area contributed by atoms with E-state index in [1.165, 1.54) is 5.32 Å². The molecule has 0 spiro atoms. The molecule has 43 heavy (non-hydrogen) atoms. The molecule has 5 nitrogen and oxygen atoms in total. The first-order chi connectivity index (χ1) is 19.4. The molecular formula is C24H16ClF13N2O3. The second-order valence-electron chi connectivity index (χ2n) is 8.56. The summed E-state index contributed by atoms with van der Waals surface area (Å²) in [5, 5.41) is 2.34. The third kappa shape index (κ3) is 10.5. The van der Waals surface area contributed by atoms with E-state index in [1.807, 2.05) is 0 Å².